The van der Waals surface area contributed by atoms with Crippen molar-refractivity contribution in [3.8, 4) is 0 Å². The van der Waals surface area contributed by atoms with Gasteiger partial charge in [0.05, 0.1) is 0 Å². The summed E-state index contributed by atoms with van der Waals surface area (Å²) in [6.07, 6.45) is 2.74. The standard InChI is InChI=1S/C24H31N3O2/c1-19-12-15-26(16-13-19)23-10-8-22(9-11-23)25-24(29)14-17-27(20(2)28)18-21-6-4-3-5-7-21/h3-11,19H,12-18H2,1-2H3,(H,25,29). The second-order valence-electron chi connectivity index (χ2n) is 7.94. The van der Waals surface area contributed by atoms with Crippen LogP contribution < -0.4 is 10.2 Å². The van der Waals surface area contributed by atoms with Crippen molar-refractivity contribution in [2.75, 3.05) is 29.9 Å². The molecule has 154 valence electrons. The number of nitrogens with one attached hydrogen (secondary N) is 1. The van der Waals surface area contributed by atoms with Gasteiger partial charge < -0.3 is 15.1 Å². The summed E-state index contributed by atoms with van der Waals surface area (Å²) < 4.78 is 0. The van der Waals surface area contributed by atoms with Gasteiger partial charge in [-0.25, -0.2) is 0 Å². The van der Waals surface area contributed by atoms with Crippen LogP contribution >= 0.6 is 0 Å². The topological polar surface area (TPSA) is 52.7 Å². The van der Waals surface area contributed by atoms with Crippen molar-refractivity contribution in [3.63, 3.8) is 0 Å². The fraction of sp³-hybridized carbons (Fsp3) is 0.417. The number of hydrogen-bond acceptors (Lipinski definition) is 3. The SMILES string of the molecule is CC(=O)N(CCC(=O)Nc1ccc(N2CCC(C)CC2)cc1)Cc1ccccc1. The minimum absolute atomic E-state index is 0.0261. The van der Waals surface area contributed by atoms with Crippen LogP contribution in [0.3, 0.4) is 0 Å². The summed E-state index contributed by atoms with van der Waals surface area (Å²) in [5.74, 6) is 0.701. The third-order valence-corrected chi connectivity index (χ3v) is 5.57. The highest BCUT2D eigenvalue weighted by atomic mass is 16.2. The van der Waals surface area contributed by atoms with Gasteiger partial charge in [0, 0.05) is 50.9 Å². The fourth-order valence-corrected chi connectivity index (χ4v) is 3.63. The Kier molecular flexibility index (Phi) is 7.28. The lowest BCUT2D eigenvalue weighted by Gasteiger charge is -2.32. The van der Waals surface area contributed by atoms with Gasteiger partial charge in [0.2, 0.25) is 11.8 Å². The normalized spacial score (nSPS) is 14.5. The molecule has 1 saturated heterocycles. The Hall–Kier alpha value is -2.82. The highest BCUT2D eigenvalue weighted by Gasteiger charge is 2.16. The molecule has 0 radical (unpaired) electrons. The van der Waals surface area contributed by atoms with E-state index in [0.29, 0.717) is 13.1 Å². The fourth-order valence-electron chi connectivity index (χ4n) is 3.63. The van der Waals surface area contributed by atoms with Crippen molar-refractivity contribution >= 4 is 23.2 Å². The molecular weight excluding hydrogens is 362 g/mol. The molecule has 0 spiro atoms. The summed E-state index contributed by atoms with van der Waals surface area (Å²) in [6.45, 7) is 6.96. The lowest BCUT2D eigenvalue weighted by Crippen LogP contribution is -2.32. The summed E-state index contributed by atoms with van der Waals surface area (Å²) in [6, 6.07) is 17.9. The molecule has 0 saturated carbocycles. The first-order chi connectivity index (χ1) is 14.0. The first kappa shape index (κ1) is 20.9. The zero-order chi connectivity index (χ0) is 20.6. The van der Waals surface area contributed by atoms with Gasteiger partial charge in [-0.3, -0.25) is 9.59 Å². The molecule has 0 aromatic heterocycles. The molecular formula is C24H31N3O2. The van der Waals surface area contributed by atoms with E-state index in [4.69, 9.17) is 0 Å². The molecule has 29 heavy (non-hydrogen) atoms. The molecule has 1 aliphatic rings. The maximum absolute atomic E-state index is 12.4. The largest absolute Gasteiger partial charge is 0.372 e. The predicted molar refractivity (Wildman–Crippen MR) is 118 cm³/mol. The van der Waals surface area contributed by atoms with Crippen LogP contribution in [0.1, 0.15) is 38.7 Å². The van der Waals surface area contributed by atoms with E-state index in [1.807, 2.05) is 42.5 Å². The Morgan fingerprint density at radius 1 is 1.03 bits per heavy atom. The average Bonchev–Trinajstić information content (AvgIpc) is 2.73. The summed E-state index contributed by atoms with van der Waals surface area (Å²) >= 11 is 0. The van der Waals surface area contributed by atoms with E-state index in [-0.39, 0.29) is 18.2 Å². The average molecular weight is 394 g/mol. The molecule has 1 fully saturated rings. The first-order valence-electron chi connectivity index (χ1n) is 10.5. The van der Waals surface area contributed by atoms with Crippen LogP contribution in [0, 0.1) is 5.92 Å². The number of hydrogen-bond donors (Lipinski definition) is 1. The van der Waals surface area contributed by atoms with E-state index >= 15 is 0 Å². The highest BCUT2D eigenvalue weighted by Crippen LogP contribution is 2.24. The number of nitrogens with zero attached hydrogens (tertiary/aromatic N) is 2. The Morgan fingerprint density at radius 2 is 1.69 bits per heavy atom. The van der Waals surface area contributed by atoms with E-state index in [0.717, 1.165) is 30.3 Å². The third kappa shape index (κ3) is 6.34. The molecule has 0 aliphatic carbocycles. The molecule has 2 aromatic carbocycles. The lowest BCUT2D eigenvalue weighted by molar-refractivity contribution is -0.129. The van der Waals surface area contributed by atoms with E-state index in [9.17, 15) is 9.59 Å². The van der Waals surface area contributed by atoms with Gasteiger partial charge in [-0.05, 0) is 48.6 Å². The van der Waals surface area contributed by atoms with Gasteiger partial charge in [-0.15, -0.1) is 0 Å². The van der Waals surface area contributed by atoms with Crippen molar-refractivity contribution in [1.82, 2.24) is 4.90 Å². The summed E-state index contributed by atoms with van der Waals surface area (Å²) in [5.41, 5.74) is 3.06. The molecule has 0 atom stereocenters. The Bertz CT molecular complexity index is 797. The van der Waals surface area contributed by atoms with Crippen LogP contribution in [0.5, 0.6) is 0 Å². The zero-order valence-electron chi connectivity index (χ0n) is 17.4. The van der Waals surface area contributed by atoms with Crippen LogP contribution in [-0.2, 0) is 16.1 Å². The molecule has 0 bridgehead atoms. The Labute approximate surface area is 173 Å². The Balaban J connectivity index is 1.48. The van der Waals surface area contributed by atoms with Crippen molar-refractivity contribution in [3.05, 3.63) is 60.2 Å². The highest BCUT2D eigenvalue weighted by molar-refractivity contribution is 5.91. The molecule has 2 aromatic rings. The van der Waals surface area contributed by atoms with E-state index in [1.54, 1.807) is 11.8 Å². The summed E-state index contributed by atoms with van der Waals surface area (Å²) in [4.78, 5) is 28.4. The number of anilines is 2. The van der Waals surface area contributed by atoms with Gasteiger partial charge in [-0.1, -0.05) is 37.3 Å². The van der Waals surface area contributed by atoms with E-state index < -0.39 is 0 Å². The lowest BCUT2D eigenvalue weighted by atomic mass is 9.99. The van der Waals surface area contributed by atoms with Crippen molar-refractivity contribution in [1.29, 1.82) is 0 Å². The van der Waals surface area contributed by atoms with Crippen LogP contribution in [0.25, 0.3) is 0 Å². The quantitative estimate of drug-likeness (QED) is 0.763. The van der Waals surface area contributed by atoms with Crippen molar-refractivity contribution in [2.45, 2.75) is 39.7 Å². The number of carbonyl (C=O) groups is 2. The minimum Gasteiger partial charge on any atom is -0.372 e. The van der Waals surface area contributed by atoms with Crippen LogP contribution in [0.15, 0.2) is 54.6 Å². The van der Waals surface area contributed by atoms with Crippen LogP contribution in [0.4, 0.5) is 11.4 Å². The van der Waals surface area contributed by atoms with Crippen molar-refractivity contribution < 1.29 is 9.59 Å². The number of rotatable bonds is 7. The molecule has 3 rings (SSSR count). The maximum atomic E-state index is 12.4. The van der Waals surface area contributed by atoms with Gasteiger partial charge >= 0.3 is 0 Å². The third-order valence-electron chi connectivity index (χ3n) is 5.57. The summed E-state index contributed by atoms with van der Waals surface area (Å²) in [5, 5.41) is 2.94. The number of carbonyl (C=O) groups excluding carboxylic acids is 2. The molecule has 1 aliphatic heterocycles. The van der Waals surface area contributed by atoms with E-state index in [2.05, 4.69) is 29.3 Å². The number of amides is 2. The zero-order valence-corrected chi connectivity index (χ0v) is 17.4. The summed E-state index contributed by atoms with van der Waals surface area (Å²) in [7, 11) is 0. The van der Waals surface area contributed by atoms with Gasteiger partial charge in [-0.2, -0.15) is 0 Å². The molecule has 5 heteroatoms. The van der Waals surface area contributed by atoms with E-state index in [1.165, 1.54) is 18.5 Å². The number of benzene rings is 2. The van der Waals surface area contributed by atoms with Gasteiger partial charge in [0.15, 0.2) is 0 Å². The van der Waals surface area contributed by atoms with Gasteiger partial charge in [0.25, 0.3) is 0 Å². The molecule has 1 N–H and O–H groups in total. The van der Waals surface area contributed by atoms with Crippen LogP contribution in [0.2, 0.25) is 0 Å². The minimum atomic E-state index is -0.0798. The number of piperidine rings is 1. The predicted octanol–water partition coefficient (Wildman–Crippen LogP) is 4.30. The Morgan fingerprint density at radius 3 is 2.31 bits per heavy atom. The van der Waals surface area contributed by atoms with Crippen molar-refractivity contribution in [2.24, 2.45) is 5.92 Å². The van der Waals surface area contributed by atoms with Gasteiger partial charge in [0.1, 0.15) is 0 Å². The molecule has 0 unspecified atom stereocenters. The second kappa shape index (κ2) is 10.1. The monoisotopic (exact) mass is 393 g/mol. The maximum Gasteiger partial charge on any atom is 0.226 e. The van der Waals surface area contributed by atoms with Crippen LogP contribution in [-0.4, -0.2) is 36.3 Å². The smallest absolute Gasteiger partial charge is 0.226 e. The molecule has 5 nitrogen and oxygen atoms in total. The second-order valence-corrected chi connectivity index (χ2v) is 7.94. The molecule has 2 amide bonds. The first-order valence-corrected chi connectivity index (χ1v) is 10.5. The molecule has 1 heterocycles.